The van der Waals surface area contributed by atoms with Gasteiger partial charge in [0.15, 0.2) is 0 Å². The van der Waals surface area contributed by atoms with Crippen LogP contribution in [0.2, 0.25) is 0 Å². The van der Waals surface area contributed by atoms with Gasteiger partial charge in [-0.3, -0.25) is 0 Å². The Kier molecular flexibility index (Phi) is 38.2. The summed E-state index contributed by atoms with van der Waals surface area (Å²) >= 11 is 3.96. The minimum atomic E-state index is 0.0752. The van der Waals surface area contributed by atoms with Crippen LogP contribution < -0.4 is 0 Å². The number of hydrogen-bond acceptors (Lipinski definition) is 2. The van der Waals surface area contributed by atoms with Crippen LogP contribution in [0.4, 0.5) is 0 Å². The second kappa shape index (κ2) is 45.9. The van der Waals surface area contributed by atoms with E-state index in [1.807, 2.05) is 22.7 Å². The lowest BCUT2D eigenvalue weighted by Crippen LogP contribution is -2.27. The van der Waals surface area contributed by atoms with Crippen molar-refractivity contribution in [1.29, 1.82) is 0 Å². The quantitative estimate of drug-likeness (QED) is 0.0340. The summed E-state index contributed by atoms with van der Waals surface area (Å²) in [4.78, 5) is 0. The minimum absolute atomic E-state index is 0.0752. The summed E-state index contributed by atoms with van der Waals surface area (Å²) < 4.78 is 2.98. The molecule has 2 aromatic heterocycles. The molecule has 0 nitrogen and oxygen atoms in total. The van der Waals surface area contributed by atoms with Gasteiger partial charge in [0.2, 0.25) is 0 Å². The summed E-state index contributed by atoms with van der Waals surface area (Å²) in [6.07, 6.45) is 85.0. The Balaban J connectivity index is 1.10. The van der Waals surface area contributed by atoms with E-state index in [1.165, 1.54) is 405 Å². The fourth-order valence-electron chi connectivity index (χ4n) is 17.2. The Labute approximate surface area is 566 Å². The average molecular weight is 1260 g/mol. The van der Waals surface area contributed by atoms with Crippen molar-refractivity contribution >= 4 is 42.8 Å². The van der Waals surface area contributed by atoms with Gasteiger partial charge in [-0.2, -0.15) is 0 Å². The molecular weight excluding hydrogens is 1120 g/mol. The van der Waals surface area contributed by atoms with Gasteiger partial charge < -0.3 is 0 Å². The van der Waals surface area contributed by atoms with E-state index in [2.05, 4.69) is 87.0 Å². The van der Waals surface area contributed by atoms with E-state index in [1.54, 1.807) is 44.5 Å². The zero-order chi connectivity index (χ0) is 62.8. The van der Waals surface area contributed by atoms with Gasteiger partial charge in [0.05, 0.1) is 0 Å². The summed E-state index contributed by atoms with van der Waals surface area (Å²) in [7, 11) is 0. The fraction of sp³-hybridized carbons (Fsp3) is 0.750. The van der Waals surface area contributed by atoms with Crippen LogP contribution in [0.3, 0.4) is 0 Å². The molecule has 2 aliphatic rings. The predicted octanol–water partition coefficient (Wildman–Crippen LogP) is 32.1. The highest BCUT2D eigenvalue weighted by molar-refractivity contribution is 7.17. The molecule has 0 bridgehead atoms. The fourth-order valence-corrected chi connectivity index (χ4v) is 18.8. The monoisotopic (exact) mass is 1260 g/mol. The maximum Gasteiger partial charge on any atom is 0.0349 e. The van der Waals surface area contributed by atoms with Gasteiger partial charge in [-0.05, 0) is 140 Å². The highest BCUT2D eigenvalue weighted by Gasteiger charge is 2.48. The summed E-state index contributed by atoms with van der Waals surface area (Å²) in [6.45, 7) is 9.35. The van der Waals surface area contributed by atoms with Gasteiger partial charge in [0.1, 0.15) is 0 Å². The Morgan fingerprint density at radius 2 is 0.389 bits per heavy atom. The van der Waals surface area contributed by atoms with Crippen LogP contribution in [0.1, 0.15) is 435 Å². The molecule has 5 aromatic rings. The van der Waals surface area contributed by atoms with Crippen LogP contribution in [0.5, 0.6) is 0 Å². The van der Waals surface area contributed by atoms with E-state index < -0.39 is 0 Å². The zero-order valence-electron chi connectivity index (χ0n) is 60.0. The zero-order valence-corrected chi connectivity index (χ0v) is 61.6. The first-order chi connectivity index (χ1) is 44.6. The first-order valence-corrected chi connectivity index (χ1v) is 42.6. The van der Waals surface area contributed by atoms with Crippen molar-refractivity contribution in [1.82, 2.24) is 0 Å². The maximum atomic E-state index is 2.92. The topological polar surface area (TPSA) is 0 Å². The van der Waals surface area contributed by atoms with Crippen molar-refractivity contribution in [3.63, 3.8) is 0 Å². The highest BCUT2D eigenvalue weighted by atomic mass is 32.1. The lowest BCUT2D eigenvalue weighted by atomic mass is 9.68. The Morgan fingerprint density at radius 3 is 0.600 bits per heavy atom. The molecule has 3 aromatic carbocycles. The second-order valence-electron chi connectivity index (χ2n) is 30.2. The normalized spacial score (nSPS) is 13.7. The molecule has 0 unspecified atom stereocenters. The lowest BCUT2D eigenvalue weighted by Gasteiger charge is -2.35. The van der Waals surface area contributed by atoms with Gasteiger partial charge in [-0.15, -0.1) is 22.7 Å². The van der Waals surface area contributed by atoms with Gasteiger partial charge in [0.25, 0.3) is 0 Å². The molecule has 0 atom stereocenters. The minimum Gasteiger partial charge on any atom is -0.144 e. The average Bonchev–Trinajstić information content (AvgIpc) is 1.53. The van der Waals surface area contributed by atoms with Crippen LogP contribution in [0.15, 0.2) is 59.3 Å². The van der Waals surface area contributed by atoms with E-state index in [0.717, 1.165) is 0 Å². The molecule has 2 heteroatoms. The smallest absolute Gasteiger partial charge is 0.0349 e. The first-order valence-electron chi connectivity index (χ1n) is 40.8. The summed E-state index contributed by atoms with van der Waals surface area (Å²) in [5.41, 5.74) is 13.5. The third kappa shape index (κ3) is 24.7. The molecule has 0 saturated heterocycles. The van der Waals surface area contributed by atoms with Crippen molar-refractivity contribution in [3.8, 4) is 22.3 Å². The number of benzene rings is 3. The molecule has 0 fully saturated rings. The Hall–Kier alpha value is -2.42. The number of rotatable bonds is 60. The number of hydrogen-bond donors (Lipinski definition) is 0. The highest BCUT2D eigenvalue weighted by Crippen LogP contribution is 2.62. The van der Waals surface area contributed by atoms with Crippen LogP contribution in [0.25, 0.3) is 42.4 Å². The molecule has 506 valence electrons. The van der Waals surface area contributed by atoms with E-state index in [-0.39, 0.29) is 10.8 Å². The predicted molar refractivity (Wildman–Crippen MR) is 409 cm³/mol. The number of thiophene rings is 2. The van der Waals surface area contributed by atoms with Gasteiger partial charge in [0, 0.05) is 20.2 Å². The van der Waals surface area contributed by atoms with Crippen LogP contribution in [-0.4, -0.2) is 0 Å². The van der Waals surface area contributed by atoms with Crippen molar-refractivity contribution < 1.29 is 0 Å². The SMILES string of the molecule is CCCCCCCCCCCCCCCCC1(CCCCCCCCCCCCCCCC)c2cc3c(cc2-c2cc4sccc4cc21)C(CCCCCCCCCCCCCCCC)(CCCCCCCCCCCCCCCC)c1cc2ccsc2cc1-3. The third-order valence-electron chi connectivity index (χ3n) is 22.8. The first kappa shape index (κ1) is 75.0. The molecule has 0 spiro atoms. The molecular formula is C88H142S2. The van der Waals surface area contributed by atoms with Gasteiger partial charge >= 0.3 is 0 Å². The van der Waals surface area contributed by atoms with E-state index in [9.17, 15) is 0 Å². The van der Waals surface area contributed by atoms with E-state index in [4.69, 9.17) is 0 Å². The van der Waals surface area contributed by atoms with Gasteiger partial charge in [-0.1, -0.05) is 387 Å². The molecule has 0 radical (unpaired) electrons. The summed E-state index contributed by atoms with van der Waals surface area (Å²) in [6, 6.07) is 21.7. The largest absolute Gasteiger partial charge is 0.144 e. The molecule has 0 N–H and O–H groups in total. The van der Waals surface area contributed by atoms with Crippen LogP contribution in [-0.2, 0) is 10.8 Å². The standard InChI is InChI=1S/C88H142S2/c1-5-9-13-17-21-25-29-33-37-41-45-49-53-57-63-87(64-58-54-50-46-42-38-34-30-26-22-18-14-10-6-2)81-69-75-61-67-89-85(75)73-79(81)77-72-84-78(71-83(77)87)80-74-86-76(62-68-90-86)70-82(80)88(84,65-59-55-51-47-43-39-35-31-27-23-19-15-11-7-3)66-60-56-52-48-44-40-36-32-28-24-20-16-12-8-4/h61-62,67-74H,5-60,63-66H2,1-4H3. The van der Waals surface area contributed by atoms with Crippen LogP contribution >= 0.6 is 22.7 Å². The summed E-state index contributed by atoms with van der Waals surface area (Å²) in [5, 5.41) is 7.74. The molecule has 0 saturated carbocycles. The summed E-state index contributed by atoms with van der Waals surface area (Å²) in [5.74, 6) is 0. The lowest BCUT2D eigenvalue weighted by molar-refractivity contribution is 0.393. The molecule has 2 aliphatic carbocycles. The molecule has 0 aliphatic heterocycles. The van der Waals surface area contributed by atoms with Crippen molar-refractivity contribution in [2.75, 3.05) is 0 Å². The molecule has 0 amide bonds. The number of fused-ring (bicyclic) bond motifs is 8. The van der Waals surface area contributed by atoms with Crippen molar-refractivity contribution in [2.45, 2.75) is 424 Å². The second-order valence-corrected chi connectivity index (χ2v) is 32.1. The maximum absolute atomic E-state index is 2.92. The number of unbranched alkanes of at least 4 members (excludes halogenated alkanes) is 52. The Bertz CT molecular complexity index is 2340. The molecule has 7 rings (SSSR count). The van der Waals surface area contributed by atoms with Crippen molar-refractivity contribution in [3.05, 3.63) is 81.5 Å². The van der Waals surface area contributed by atoms with Gasteiger partial charge in [-0.25, -0.2) is 0 Å². The van der Waals surface area contributed by atoms with E-state index in [0.29, 0.717) is 0 Å². The van der Waals surface area contributed by atoms with Crippen molar-refractivity contribution in [2.24, 2.45) is 0 Å². The van der Waals surface area contributed by atoms with E-state index >= 15 is 0 Å². The molecule has 90 heavy (non-hydrogen) atoms. The Morgan fingerprint density at radius 1 is 0.211 bits per heavy atom. The van der Waals surface area contributed by atoms with Crippen LogP contribution in [0, 0.1) is 0 Å². The third-order valence-corrected chi connectivity index (χ3v) is 24.6. The molecule has 2 heterocycles.